The van der Waals surface area contributed by atoms with E-state index in [0.29, 0.717) is 0 Å². The van der Waals surface area contributed by atoms with E-state index < -0.39 is 0 Å². The maximum absolute atomic E-state index is 6.34. The van der Waals surface area contributed by atoms with Crippen LogP contribution in [0.4, 0.5) is 0 Å². The standard InChI is InChI=1S/C28H29BrO4/c1-30-16-32-23-15-18(9-7-8-14-29)28(33-17-31-2)27-25-21-12-5-3-10-19(21)24(26(23)27)20-11-4-6-13-22(20)25/h3-6,10-13,15,24-25H,7-9,14,16-17H2,1-2H3. The van der Waals surface area contributed by atoms with E-state index in [4.69, 9.17) is 18.9 Å². The van der Waals surface area contributed by atoms with Crippen molar-refractivity contribution in [2.45, 2.75) is 31.1 Å². The van der Waals surface area contributed by atoms with Crippen molar-refractivity contribution in [3.8, 4) is 11.5 Å². The fourth-order valence-electron chi connectivity index (χ4n) is 5.47. The van der Waals surface area contributed by atoms with Crippen LogP contribution < -0.4 is 9.47 Å². The summed E-state index contributed by atoms with van der Waals surface area (Å²) in [4.78, 5) is 0. The summed E-state index contributed by atoms with van der Waals surface area (Å²) in [6, 6.07) is 19.8. The lowest BCUT2D eigenvalue weighted by atomic mass is 9.60. The Balaban J connectivity index is 1.77. The van der Waals surface area contributed by atoms with Crippen molar-refractivity contribution in [3.63, 3.8) is 0 Å². The summed E-state index contributed by atoms with van der Waals surface area (Å²) in [6.45, 7) is 0.434. The van der Waals surface area contributed by atoms with Gasteiger partial charge in [0, 0.05) is 42.5 Å². The number of alkyl halides is 1. The minimum atomic E-state index is 0.102. The molecule has 0 aliphatic heterocycles. The minimum absolute atomic E-state index is 0.102. The third-order valence-electron chi connectivity index (χ3n) is 6.69. The molecule has 172 valence electrons. The minimum Gasteiger partial charge on any atom is -0.467 e. The van der Waals surface area contributed by atoms with Crippen molar-refractivity contribution in [1.29, 1.82) is 0 Å². The van der Waals surface area contributed by atoms with Crippen LogP contribution in [-0.2, 0) is 15.9 Å². The number of benzene rings is 3. The van der Waals surface area contributed by atoms with Gasteiger partial charge in [0.25, 0.3) is 0 Å². The molecule has 3 aliphatic rings. The van der Waals surface area contributed by atoms with Crippen LogP contribution in [0.15, 0.2) is 54.6 Å². The van der Waals surface area contributed by atoms with Crippen molar-refractivity contribution in [1.82, 2.24) is 0 Å². The van der Waals surface area contributed by atoms with Gasteiger partial charge < -0.3 is 18.9 Å². The molecule has 0 fully saturated rings. The highest BCUT2D eigenvalue weighted by Gasteiger charge is 2.45. The van der Waals surface area contributed by atoms with Crippen LogP contribution in [0, 0.1) is 0 Å². The lowest BCUT2D eigenvalue weighted by Gasteiger charge is -2.43. The Bertz CT molecular complexity index is 1100. The highest BCUT2D eigenvalue weighted by atomic mass is 79.9. The molecule has 5 heteroatoms. The van der Waals surface area contributed by atoms with Gasteiger partial charge in [-0.15, -0.1) is 0 Å². The molecular formula is C28H29BrO4. The summed E-state index contributed by atoms with van der Waals surface area (Å²) in [5.41, 5.74) is 8.99. The van der Waals surface area contributed by atoms with Crippen molar-refractivity contribution in [3.05, 3.63) is 93.5 Å². The van der Waals surface area contributed by atoms with Crippen LogP contribution in [0.2, 0.25) is 0 Å². The van der Waals surface area contributed by atoms with E-state index >= 15 is 0 Å². The Kier molecular flexibility index (Phi) is 6.72. The Morgan fingerprint density at radius 1 is 0.727 bits per heavy atom. The number of aryl methyl sites for hydroxylation is 1. The molecule has 0 atom stereocenters. The van der Waals surface area contributed by atoms with Gasteiger partial charge >= 0.3 is 0 Å². The van der Waals surface area contributed by atoms with Crippen LogP contribution in [0.25, 0.3) is 0 Å². The van der Waals surface area contributed by atoms with Crippen molar-refractivity contribution in [2.24, 2.45) is 0 Å². The second kappa shape index (κ2) is 9.88. The molecule has 0 saturated heterocycles. The van der Waals surface area contributed by atoms with Gasteiger partial charge in [0.15, 0.2) is 13.6 Å². The quantitative estimate of drug-likeness (QED) is 0.125. The summed E-state index contributed by atoms with van der Waals surface area (Å²) in [7, 11) is 3.33. The van der Waals surface area contributed by atoms with Gasteiger partial charge in [-0.3, -0.25) is 0 Å². The average Bonchev–Trinajstić information content (AvgIpc) is 2.86. The summed E-state index contributed by atoms with van der Waals surface area (Å²) in [6.07, 6.45) is 3.09. The molecule has 0 heterocycles. The highest BCUT2D eigenvalue weighted by molar-refractivity contribution is 9.09. The molecule has 0 spiro atoms. The normalized spacial score (nSPS) is 17.3. The molecule has 3 aliphatic carbocycles. The zero-order chi connectivity index (χ0) is 22.8. The summed E-state index contributed by atoms with van der Waals surface area (Å²) in [5.74, 6) is 2.05. The third kappa shape index (κ3) is 3.86. The van der Waals surface area contributed by atoms with E-state index in [9.17, 15) is 0 Å². The first kappa shape index (κ1) is 22.5. The van der Waals surface area contributed by atoms with Gasteiger partial charge in [-0.25, -0.2) is 0 Å². The number of unbranched alkanes of at least 4 members (excludes halogenated alkanes) is 1. The SMILES string of the molecule is COCOc1cc(CCCCBr)c(OCOC)c2c1C1c3ccccc3C2c2ccccc21. The molecule has 0 unspecified atom stereocenters. The van der Waals surface area contributed by atoms with E-state index in [2.05, 4.69) is 70.5 Å². The molecule has 2 bridgehead atoms. The van der Waals surface area contributed by atoms with E-state index in [0.717, 1.165) is 36.1 Å². The number of hydrogen-bond donors (Lipinski definition) is 0. The monoisotopic (exact) mass is 508 g/mol. The molecular weight excluding hydrogens is 480 g/mol. The molecule has 4 nitrogen and oxygen atoms in total. The van der Waals surface area contributed by atoms with Crippen LogP contribution in [0.5, 0.6) is 11.5 Å². The number of rotatable bonds is 10. The molecule has 6 rings (SSSR count). The lowest BCUT2D eigenvalue weighted by Crippen LogP contribution is -2.29. The first-order valence-corrected chi connectivity index (χ1v) is 12.6. The van der Waals surface area contributed by atoms with Crippen molar-refractivity contribution < 1.29 is 18.9 Å². The van der Waals surface area contributed by atoms with Gasteiger partial charge in [0.1, 0.15) is 11.5 Å². The predicted molar refractivity (Wildman–Crippen MR) is 133 cm³/mol. The fraction of sp³-hybridized carbons (Fsp3) is 0.357. The van der Waals surface area contributed by atoms with E-state index in [1.54, 1.807) is 14.2 Å². The molecule has 0 N–H and O–H groups in total. The highest BCUT2D eigenvalue weighted by Crippen LogP contribution is 2.60. The first-order valence-electron chi connectivity index (χ1n) is 11.5. The zero-order valence-corrected chi connectivity index (χ0v) is 20.7. The zero-order valence-electron chi connectivity index (χ0n) is 19.1. The van der Waals surface area contributed by atoms with Crippen LogP contribution in [-0.4, -0.2) is 33.1 Å². The molecule has 33 heavy (non-hydrogen) atoms. The predicted octanol–water partition coefficient (Wildman–Crippen LogP) is 6.36. The second-order valence-electron chi connectivity index (χ2n) is 8.56. The van der Waals surface area contributed by atoms with E-state index in [-0.39, 0.29) is 25.4 Å². The van der Waals surface area contributed by atoms with Gasteiger partial charge in [-0.2, -0.15) is 0 Å². The Labute approximate surface area is 204 Å². The van der Waals surface area contributed by atoms with Crippen molar-refractivity contribution in [2.75, 3.05) is 33.1 Å². The molecule has 3 aromatic carbocycles. The number of hydrogen-bond acceptors (Lipinski definition) is 4. The van der Waals surface area contributed by atoms with Crippen LogP contribution in [0.1, 0.15) is 63.6 Å². The molecule has 0 amide bonds. The van der Waals surface area contributed by atoms with Gasteiger partial charge in [-0.05, 0) is 53.1 Å². The van der Waals surface area contributed by atoms with Gasteiger partial charge in [-0.1, -0.05) is 64.5 Å². The van der Waals surface area contributed by atoms with E-state index in [1.165, 1.54) is 38.9 Å². The number of ether oxygens (including phenoxy) is 4. The Morgan fingerprint density at radius 3 is 1.82 bits per heavy atom. The molecule has 0 radical (unpaired) electrons. The smallest absolute Gasteiger partial charge is 0.188 e. The second-order valence-corrected chi connectivity index (χ2v) is 9.35. The van der Waals surface area contributed by atoms with Crippen LogP contribution in [0.3, 0.4) is 0 Å². The maximum Gasteiger partial charge on any atom is 0.188 e. The third-order valence-corrected chi connectivity index (χ3v) is 7.25. The maximum atomic E-state index is 6.34. The number of halogens is 1. The molecule has 0 aromatic heterocycles. The average molecular weight is 509 g/mol. The fourth-order valence-corrected chi connectivity index (χ4v) is 5.87. The lowest BCUT2D eigenvalue weighted by molar-refractivity contribution is 0.0463. The number of methoxy groups -OCH3 is 2. The molecule has 0 saturated carbocycles. The largest absolute Gasteiger partial charge is 0.467 e. The van der Waals surface area contributed by atoms with Crippen LogP contribution >= 0.6 is 15.9 Å². The van der Waals surface area contributed by atoms with Gasteiger partial charge in [0.2, 0.25) is 0 Å². The van der Waals surface area contributed by atoms with Crippen molar-refractivity contribution >= 4 is 15.9 Å². The summed E-state index contributed by atoms with van der Waals surface area (Å²) in [5, 5.41) is 0.991. The summed E-state index contributed by atoms with van der Waals surface area (Å²) < 4.78 is 23.2. The Hall–Kier alpha value is -2.34. The van der Waals surface area contributed by atoms with E-state index in [1.807, 2.05) is 0 Å². The van der Waals surface area contributed by atoms with Gasteiger partial charge in [0.05, 0.1) is 0 Å². The molecule has 3 aromatic rings. The summed E-state index contributed by atoms with van der Waals surface area (Å²) >= 11 is 3.56. The Morgan fingerprint density at radius 2 is 1.27 bits per heavy atom. The first-order chi connectivity index (χ1) is 16.3. The topological polar surface area (TPSA) is 36.9 Å².